The van der Waals surface area contributed by atoms with Gasteiger partial charge in [-0.3, -0.25) is 4.79 Å². The van der Waals surface area contributed by atoms with E-state index in [4.69, 9.17) is 4.52 Å². The molecular weight excluding hydrogens is 256 g/mol. The summed E-state index contributed by atoms with van der Waals surface area (Å²) in [6.45, 7) is 0. The number of hydrogen-bond acceptors (Lipinski definition) is 4. The van der Waals surface area contributed by atoms with E-state index in [1.54, 1.807) is 0 Å². The summed E-state index contributed by atoms with van der Waals surface area (Å²) in [6.07, 6.45) is 11.1. The summed E-state index contributed by atoms with van der Waals surface area (Å²) in [7, 11) is 0. The summed E-state index contributed by atoms with van der Waals surface area (Å²) in [4.78, 5) is 15.8. The molecule has 0 bridgehead atoms. The van der Waals surface area contributed by atoms with Crippen LogP contribution in [0.2, 0.25) is 0 Å². The molecule has 1 aromatic rings. The lowest BCUT2D eigenvalue weighted by atomic mass is 9.83. The number of rotatable bonds is 3. The van der Waals surface area contributed by atoms with Crippen LogP contribution in [0.4, 0.5) is 0 Å². The monoisotopic (exact) mass is 276 g/mol. The summed E-state index contributed by atoms with van der Waals surface area (Å²) >= 11 is 0. The summed E-state index contributed by atoms with van der Waals surface area (Å²) in [6, 6.07) is 0. The second-order valence-corrected chi connectivity index (χ2v) is 5.82. The summed E-state index contributed by atoms with van der Waals surface area (Å²) in [5.41, 5.74) is 0. The quantitative estimate of drug-likeness (QED) is 0.857. The molecule has 0 aromatic carbocycles. The highest BCUT2D eigenvalue weighted by Crippen LogP contribution is 2.36. The largest absolute Gasteiger partial charge is 0.481 e. The highest BCUT2D eigenvalue weighted by molar-refractivity contribution is 5.71. The Hall–Kier alpha value is -1.65. The van der Waals surface area contributed by atoms with Gasteiger partial charge in [0.05, 0.1) is 11.8 Å². The highest BCUT2D eigenvalue weighted by atomic mass is 16.5. The lowest BCUT2D eigenvalue weighted by Gasteiger charge is -2.21. The fraction of sp³-hybridized carbons (Fsp3) is 0.667. The molecule has 1 aromatic heterocycles. The van der Waals surface area contributed by atoms with Gasteiger partial charge in [-0.2, -0.15) is 4.98 Å². The molecule has 20 heavy (non-hydrogen) atoms. The molecule has 108 valence electrons. The Morgan fingerprint density at radius 1 is 1.20 bits per heavy atom. The lowest BCUT2D eigenvalue weighted by Crippen LogP contribution is -2.23. The standard InChI is InChI=1S/C15H20N2O3/c18-15(19)12-9-5-4-8-11(12)14-16-13(17-20-14)10-6-2-1-3-7-10/h4-5,10-12H,1-3,6-9H2,(H,18,19). The molecule has 0 amide bonds. The van der Waals surface area contributed by atoms with Crippen molar-refractivity contribution in [3.8, 4) is 0 Å². The molecule has 0 saturated heterocycles. The third-order valence-corrected chi connectivity index (χ3v) is 4.49. The van der Waals surface area contributed by atoms with E-state index in [1.807, 2.05) is 12.2 Å². The van der Waals surface area contributed by atoms with Crippen molar-refractivity contribution in [1.29, 1.82) is 0 Å². The number of carbonyl (C=O) groups is 1. The van der Waals surface area contributed by atoms with Gasteiger partial charge in [-0.1, -0.05) is 36.6 Å². The molecule has 3 rings (SSSR count). The first-order valence-electron chi connectivity index (χ1n) is 7.47. The molecule has 2 aliphatic rings. The van der Waals surface area contributed by atoms with Crippen LogP contribution in [-0.2, 0) is 4.79 Å². The van der Waals surface area contributed by atoms with Crippen molar-refractivity contribution in [3.05, 3.63) is 23.9 Å². The normalized spacial score (nSPS) is 27.6. The zero-order chi connectivity index (χ0) is 13.9. The Bertz CT molecular complexity index is 503. The first kappa shape index (κ1) is 13.3. The third-order valence-electron chi connectivity index (χ3n) is 4.49. The average Bonchev–Trinajstić information content (AvgIpc) is 2.98. The van der Waals surface area contributed by atoms with Gasteiger partial charge >= 0.3 is 5.97 Å². The van der Waals surface area contributed by atoms with E-state index in [1.165, 1.54) is 19.3 Å². The molecule has 0 aliphatic heterocycles. The second-order valence-electron chi connectivity index (χ2n) is 5.82. The van der Waals surface area contributed by atoms with Crippen molar-refractivity contribution >= 4 is 5.97 Å². The molecular formula is C15H20N2O3. The Labute approximate surface area is 118 Å². The Morgan fingerprint density at radius 3 is 2.70 bits per heavy atom. The van der Waals surface area contributed by atoms with Crippen molar-refractivity contribution in [3.63, 3.8) is 0 Å². The van der Waals surface area contributed by atoms with Crippen LogP contribution in [0.5, 0.6) is 0 Å². The van der Waals surface area contributed by atoms with Crippen LogP contribution in [0.25, 0.3) is 0 Å². The first-order valence-corrected chi connectivity index (χ1v) is 7.47. The van der Waals surface area contributed by atoms with Gasteiger partial charge in [0.15, 0.2) is 5.82 Å². The van der Waals surface area contributed by atoms with E-state index < -0.39 is 11.9 Å². The van der Waals surface area contributed by atoms with E-state index in [-0.39, 0.29) is 5.92 Å². The van der Waals surface area contributed by atoms with E-state index in [9.17, 15) is 9.90 Å². The predicted octanol–water partition coefficient (Wildman–Crippen LogP) is 3.25. The molecule has 2 unspecified atom stereocenters. The molecule has 0 radical (unpaired) electrons. The molecule has 1 N–H and O–H groups in total. The maximum atomic E-state index is 11.3. The van der Waals surface area contributed by atoms with Crippen LogP contribution in [0, 0.1) is 5.92 Å². The smallest absolute Gasteiger partial charge is 0.307 e. The summed E-state index contributed by atoms with van der Waals surface area (Å²) in [5.74, 6) is 0.267. The topological polar surface area (TPSA) is 76.2 Å². The van der Waals surface area contributed by atoms with Gasteiger partial charge < -0.3 is 9.63 Å². The van der Waals surface area contributed by atoms with Gasteiger partial charge in [-0.05, 0) is 25.7 Å². The number of nitrogens with zero attached hydrogens (tertiary/aromatic N) is 2. The third kappa shape index (κ3) is 2.62. The van der Waals surface area contributed by atoms with Gasteiger partial charge in [0, 0.05) is 5.92 Å². The van der Waals surface area contributed by atoms with Crippen LogP contribution >= 0.6 is 0 Å². The summed E-state index contributed by atoms with van der Waals surface area (Å²) < 4.78 is 5.38. The van der Waals surface area contributed by atoms with Crippen molar-refractivity contribution in [2.45, 2.75) is 56.8 Å². The van der Waals surface area contributed by atoms with E-state index in [0.29, 0.717) is 24.7 Å². The van der Waals surface area contributed by atoms with Gasteiger partial charge in [-0.25, -0.2) is 0 Å². The molecule has 1 saturated carbocycles. The zero-order valence-electron chi connectivity index (χ0n) is 11.5. The minimum Gasteiger partial charge on any atom is -0.481 e. The van der Waals surface area contributed by atoms with E-state index in [2.05, 4.69) is 10.1 Å². The number of aliphatic carboxylic acids is 1. The molecule has 1 fully saturated rings. The highest BCUT2D eigenvalue weighted by Gasteiger charge is 2.34. The molecule has 5 nitrogen and oxygen atoms in total. The number of aromatic nitrogens is 2. The second kappa shape index (κ2) is 5.77. The maximum Gasteiger partial charge on any atom is 0.307 e. The van der Waals surface area contributed by atoms with Crippen molar-refractivity contribution < 1.29 is 14.4 Å². The van der Waals surface area contributed by atoms with E-state index >= 15 is 0 Å². The van der Waals surface area contributed by atoms with Gasteiger partial charge in [0.2, 0.25) is 5.89 Å². The lowest BCUT2D eigenvalue weighted by molar-refractivity contribution is -0.142. The minimum absolute atomic E-state index is 0.178. The average molecular weight is 276 g/mol. The number of allylic oxidation sites excluding steroid dienone is 2. The molecule has 2 atom stereocenters. The molecule has 0 spiro atoms. The van der Waals surface area contributed by atoms with Crippen LogP contribution in [-0.4, -0.2) is 21.2 Å². The number of hydrogen-bond donors (Lipinski definition) is 1. The van der Waals surface area contributed by atoms with Crippen molar-refractivity contribution in [2.24, 2.45) is 5.92 Å². The zero-order valence-corrected chi connectivity index (χ0v) is 11.5. The van der Waals surface area contributed by atoms with Gasteiger partial charge in [0.25, 0.3) is 0 Å². The van der Waals surface area contributed by atoms with Gasteiger partial charge in [0.1, 0.15) is 0 Å². The molecule has 1 heterocycles. The fourth-order valence-corrected chi connectivity index (χ4v) is 3.28. The van der Waals surface area contributed by atoms with Crippen molar-refractivity contribution in [1.82, 2.24) is 10.1 Å². The Morgan fingerprint density at radius 2 is 1.95 bits per heavy atom. The number of carboxylic acids is 1. The molecule has 2 aliphatic carbocycles. The first-order chi connectivity index (χ1) is 9.75. The summed E-state index contributed by atoms with van der Waals surface area (Å²) in [5, 5.41) is 13.4. The van der Waals surface area contributed by atoms with Crippen LogP contribution in [0.3, 0.4) is 0 Å². The fourth-order valence-electron chi connectivity index (χ4n) is 3.28. The predicted molar refractivity (Wildman–Crippen MR) is 72.4 cm³/mol. The van der Waals surface area contributed by atoms with Gasteiger partial charge in [-0.15, -0.1) is 0 Å². The minimum atomic E-state index is -0.781. The van der Waals surface area contributed by atoms with Crippen LogP contribution in [0.1, 0.15) is 68.5 Å². The SMILES string of the molecule is O=C(O)C1CC=CCC1c1nc(C2CCCCC2)no1. The Balaban J connectivity index is 1.78. The molecule has 5 heteroatoms. The van der Waals surface area contributed by atoms with Crippen LogP contribution in [0.15, 0.2) is 16.7 Å². The van der Waals surface area contributed by atoms with Crippen LogP contribution < -0.4 is 0 Å². The maximum absolute atomic E-state index is 11.3. The van der Waals surface area contributed by atoms with E-state index in [0.717, 1.165) is 18.7 Å². The Kier molecular flexibility index (Phi) is 3.85. The number of carboxylic acid groups (broad SMARTS) is 1. The van der Waals surface area contributed by atoms with Crippen molar-refractivity contribution in [2.75, 3.05) is 0 Å².